The van der Waals surface area contributed by atoms with Crippen molar-refractivity contribution in [1.29, 1.82) is 0 Å². The molecule has 0 unspecified atom stereocenters. The number of aromatic amines is 2. The van der Waals surface area contributed by atoms with Crippen LogP contribution in [0.3, 0.4) is 0 Å². The van der Waals surface area contributed by atoms with Gasteiger partial charge in [0, 0.05) is 17.8 Å². The van der Waals surface area contributed by atoms with Crippen LogP contribution in [0.5, 0.6) is 23.3 Å². The van der Waals surface area contributed by atoms with Gasteiger partial charge in [0.25, 0.3) is 5.78 Å². The minimum absolute atomic E-state index is 0. The van der Waals surface area contributed by atoms with Gasteiger partial charge in [0.15, 0.2) is 0 Å². The number of carbonyl (C=O) groups excluding carboxylic acids is 4. The van der Waals surface area contributed by atoms with Gasteiger partial charge in [-0.05, 0) is 17.7 Å². The Hall–Kier alpha value is -4.27. The van der Waals surface area contributed by atoms with Crippen molar-refractivity contribution in [3.63, 3.8) is 0 Å². The summed E-state index contributed by atoms with van der Waals surface area (Å²) in [6.45, 7) is 0. The summed E-state index contributed by atoms with van der Waals surface area (Å²) in [5.41, 5.74) is 1.50. The lowest BCUT2D eigenvalue weighted by molar-refractivity contribution is -0.148. The SMILES string of the molecule is COC(=O)C(=O)Cl.COC(=O)C(=O)c1c[nH]c2c(OC)ncc(OC)c12.COc1cnc(OC)c2[nH]ccc12.Cl.Cl. The van der Waals surface area contributed by atoms with Gasteiger partial charge < -0.3 is 38.4 Å². The second-order valence-electron chi connectivity index (χ2n) is 6.98. The van der Waals surface area contributed by atoms with Crippen LogP contribution in [0.2, 0.25) is 0 Å². The molecule has 0 fully saturated rings. The summed E-state index contributed by atoms with van der Waals surface area (Å²) in [6, 6.07) is 1.93. The summed E-state index contributed by atoms with van der Waals surface area (Å²) >= 11 is 4.61. The highest BCUT2D eigenvalue weighted by atomic mass is 35.5. The van der Waals surface area contributed by atoms with Crippen molar-refractivity contribution in [3.8, 4) is 23.3 Å². The molecule has 0 aromatic carbocycles. The minimum Gasteiger partial charge on any atom is -0.494 e. The minimum atomic E-state index is -1.09. The molecule has 0 aliphatic carbocycles. The fraction of sp³-hybridized carbons (Fsp3) is 0.250. The van der Waals surface area contributed by atoms with E-state index in [2.05, 4.69) is 41.0 Å². The number of methoxy groups -OCH3 is 6. The van der Waals surface area contributed by atoms with Gasteiger partial charge in [-0.1, -0.05) is 0 Å². The Morgan fingerprint density at radius 3 is 1.73 bits per heavy atom. The van der Waals surface area contributed by atoms with E-state index in [0.29, 0.717) is 28.4 Å². The Morgan fingerprint density at radius 1 is 0.732 bits per heavy atom. The van der Waals surface area contributed by atoms with Gasteiger partial charge in [0.05, 0.1) is 66.0 Å². The molecule has 0 aliphatic heterocycles. The largest absolute Gasteiger partial charge is 0.494 e. The number of nitrogens with zero attached hydrogens (tertiary/aromatic N) is 2. The number of nitrogens with one attached hydrogen (secondary N) is 2. The van der Waals surface area contributed by atoms with Crippen LogP contribution in [0.25, 0.3) is 21.8 Å². The Bertz CT molecular complexity index is 1450. The summed E-state index contributed by atoms with van der Waals surface area (Å²) < 4.78 is 28.8. The molecule has 224 valence electrons. The first-order chi connectivity index (χ1) is 18.7. The van der Waals surface area contributed by atoms with Crippen LogP contribution < -0.4 is 18.9 Å². The van der Waals surface area contributed by atoms with Gasteiger partial charge in [0.1, 0.15) is 22.5 Å². The van der Waals surface area contributed by atoms with E-state index in [-0.39, 0.29) is 30.4 Å². The molecule has 0 aliphatic rings. The number of halogens is 3. The van der Waals surface area contributed by atoms with Crippen LogP contribution in [0, 0.1) is 0 Å². The number of esters is 2. The van der Waals surface area contributed by atoms with Crippen LogP contribution in [-0.2, 0) is 23.9 Å². The monoisotopic (exact) mass is 636 g/mol. The topological polar surface area (TPSA) is 181 Å². The summed E-state index contributed by atoms with van der Waals surface area (Å²) in [4.78, 5) is 56.7. The fourth-order valence-corrected chi connectivity index (χ4v) is 3.26. The van der Waals surface area contributed by atoms with E-state index in [9.17, 15) is 19.2 Å². The Morgan fingerprint density at radius 2 is 1.27 bits per heavy atom. The normalized spacial score (nSPS) is 9.34. The maximum atomic E-state index is 11.9. The Balaban J connectivity index is 0.000000634. The third-order valence-electron chi connectivity index (χ3n) is 4.95. The number of pyridine rings is 2. The first-order valence-electron chi connectivity index (χ1n) is 10.7. The molecule has 0 amide bonds. The number of H-pyrrole nitrogens is 2. The molecule has 14 nitrogen and oxygen atoms in total. The fourth-order valence-electron chi connectivity index (χ4n) is 3.19. The number of ketones is 1. The summed E-state index contributed by atoms with van der Waals surface area (Å²) in [6.07, 6.45) is 6.30. The van der Waals surface area contributed by atoms with Gasteiger partial charge in [-0.15, -0.1) is 24.8 Å². The number of fused-ring (bicyclic) bond motifs is 2. The number of rotatable bonds is 7. The third-order valence-corrected chi connectivity index (χ3v) is 5.11. The standard InChI is InChI=1S/C12H12N2O5.C9H10N2O2.C3H3ClO3.2ClH/c1-17-7-5-14-11(18-2)9-8(7)6(4-13-9)10(15)12(16)19-3;1-12-7-5-11-9(13-2)8-6(7)3-4-10-8;1-7-3(6)2(4)5;;/h4-5,13H,1-3H3;3-5,10H,1-2H3;1H3;2*1H. The molecule has 0 spiro atoms. The number of carbonyl (C=O) groups is 4. The summed E-state index contributed by atoms with van der Waals surface area (Å²) in [5.74, 6) is -0.734. The average molecular weight is 638 g/mol. The molecule has 2 N–H and O–H groups in total. The van der Waals surface area contributed by atoms with Crippen molar-refractivity contribution in [3.05, 3.63) is 36.4 Å². The van der Waals surface area contributed by atoms with Crippen molar-refractivity contribution in [2.24, 2.45) is 0 Å². The van der Waals surface area contributed by atoms with Crippen LogP contribution in [0.1, 0.15) is 10.4 Å². The van der Waals surface area contributed by atoms with Gasteiger partial charge >= 0.3 is 17.2 Å². The Kier molecular flexibility index (Phi) is 15.6. The van der Waals surface area contributed by atoms with E-state index in [4.69, 9.17) is 18.9 Å². The molecule has 0 saturated heterocycles. The first-order valence-corrected chi connectivity index (χ1v) is 11.1. The zero-order valence-electron chi connectivity index (χ0n) is 22.6. The zero-order valence-corrected chi connectivity index (χ0v) is 24.9. The molecule has 0 atom stereocenters. The van der Waals surface area contributed by atoms with Crippen LogP contribution >= 0.6 is 36.4 Å². The number of hydrogen-bond acceptors (Lipinski definition) is 12. The van der Waals surface area contributed by atoms with E-state index >= 15 is 0 Å². The van der Waals surface area contributed by atoms with E-state index in [1.165, 1.54) is 26.6 Å². The van der Waals surface area contributed by atoms with E-state index in [1.807, 2.05) is 12.3 Å². The molecule has 4 heterocycles. The van der Waals surface area contributed by atoms with Gasteiger partial charge in [-0.25, -0.2) is 19.6 Å². The lowest BCUT2D eigenvalue weighted by Crippen LogP contribution is -2.15. The first kappa shape index (κ1) is 36.7. The van der Waals surface area contributed by atoms with Gasteiger partial charge in [-0.2, -0.15) is 0 Å². The molecule has 4 aromatic heterocycles. The molecule has 0 saturated carbocycles. The van der Waals surface area contributed by atoms with Gasteiger partial charge in [-0.3, -0.25) is 9.59 Å². The van der Waals surface area contributed by atoms with Crippen LogP contribution in [0.4, 0.5) is 0 Å². The predicted molar refractivity (Wildman–Crippen MR) is 152 cm³/mol. The smallest absolute Gasteiger partial charge is 0.391 e. The summed E-state index contributed by atoms with van der Waals surface area (Å²) in [7, 11) is 8.35. The van der Waals surface area contributed by atoms with E-state index in [1.54, 1.807) is 20.4 Å². The molecule has 0 radical (unpaired) electrons. The lowest BCUT2D eigenvalue weighted by Gasteiger charge is -2.06. The second kappa shape index (κ2) is 17.4. The lowest BCUT2D eigenvalue weighted by atomic mass is 10.1. The molecular formula is C24H27Cl3N4O10. The third kappa shape index (κ3) is 8.61. The van der Waals surface area contributed by atoms with Crippen molar-refractivity contribution in [2.45, 2.75) is 0 Å². The zero-order chi connectivity index (χ0) is 29.1. The Labute approximate surface area is 250 Å². The molecular weight excluding hydrogens is 611 g/mol. The molecule has 4 rings (SSSR count). The van der Waals surface area contributed by atoms with E-state index in [0.717, 1.165) is 30.9 Å². The van der Waals surface area contributed by atoms with Crippen molar-refractivity contribution in [2.75, 3.05) is 42.7 Å². The highest BCUT2D eigenvalue weighted by molar-refractivity contribution is 6.80. The second-order valence-corrected chi connectivity index (χ2v) is 7.32. The molecule has 41 heavy (non-hydrogen) atoms. The summed E-state index contributed by atoms with van der Waals surface area (Å²) in [5, 5.41) is 0.321. The molecule has 17 heteroatoms. The molecule has 0 bridgehead atoms. The highest BCUT2D eigenvalue weighted by Crippen LogP contribution is 2.33. The average Bonchev–Trinajstić information content (AvgIpc) is 3.64. The maximum absolute atomic E-state index is 11.9. The van der Waals surface area contributed by atoms with Crippen LogP contribution in [-0.4, -0.2) is 85.6 Å². The van der Waals surface area contributed by atoms with Crippen LogP contribution in [0.15, 0.2) is 30.9 Å². The van der Waals surface area contributed by atoms with Crippen molar-refractivity contribution in [1.82, 2.24) is 19.9 Å². The number of ether oxygens (including phenoxy) is 6. The molecule has 4 aromatic rings. The maximum Gasteiger partial charge on any atom is 0.391 e. The number of Topliss-reactive ketones (excluding diaryl/α,β-unsaturated/α-hetero) is 1. The van der Waals surface area contributed by atoms with E-state index < -0.39 is 23.0 Å². The number of aromatic nitrogens is 4. The van der Waals surface area contributed by atoms with Crippen molar-refractivity contribution < 1.29 is 47.6 Å². The van der Waals surface area contributed by atoms with Crippen molar-refractivity contribution >= 4 is 81.2 Å². The highest BCUT2D eigenvalue weighted by Gasteiger charge is 2.24. The predicted octanol–water partition coefficient (Wildman–Crippen LogP) is 3.28. The van der Waals surface area contributed by atoms with Gasteiger partial charge in [0.2, 0.25) is 11.8 Å². The quantitative estimate of drug-likeness (QED) is 0.131. The number of hydrogen-bond donors (Lipinski definition) is 2.